The predicted octanol–water partition coefficient (Wildman–Crippen LogP) is -2.00. The Kier molecular flexibility index (Phi) is 4.17. The predicted molar refractivity (Wildman–Crippen MR) is 60.6 cm³/mol. The maximum Gasteiger partial charge on any atom is 0.421 e. The first-order valence-electron chi connectivity index (χ1n) is 5.05. The second-order valence-corrected chi connectivity index (χ2v) is 5.94. The molecule has 0 aromatic carbocycles. The van der Waals surface area contributed by atoms with Crippen LogP contribution in [0.15, 0.2) is 0 Å². The minimum Gasteiger partial charge on any atom is -0.467 e. The van der Waals surface area contributed by atoms with Crippen LogP contribution in [0.4, 0.5) is 0 Å². The third-order valence-corrected chi connectivity index (χ3v) is 3.99. The number of hydrogen-bond acceptors (Lipinski definition) is 6. The van der Waals surface area contributed by atoms with Crippen LogP contribution in [0.3, 0.4) is 0 Å². The van der Waals surface area contributed by atoms with Crippen molar-refractivity contribution in [2.24, 2.45) is 0 Å². The second kappa shape index (κ2) is 5.29. The minimum absolute atomic E-state index is 0.595. The summed E-state index contributed by atoms with van der Waals surface area (Å²) >= 11 is 0. The Morgan fingerprint density at radius 3 is 2.37 bits per heavy atom. The van der Waals surface area contributed by atoms with Crippen LogP contribution in [0.5, 0.6) is 0 Å². The Hall–Kier alpha value is -2.06. The first-order chi connectivity index (χ1) is 8.73. The van der Waals surface area contributed by atoms with Gasteiger partial charge in [-0.3, -0.25) is 9.59 Å². The molecule has 104 valence electrons. The molecule has 10 heteroatoms. The average molecular weight is 289 g/mol. The zero-order valence-electron chi connectivity index (χ0n) is 10.2. The lowest BCUT2D eigenvalue weighted by Gasteiger charge is -2.18. The minimum atomic E-state index is -3.66. The molecular weight excluding hydrogens is 278 g/mol. The summed E-state index contributed by atoms with van der Waals surface area (Å²) < 4.78 is 27.3. The summed E-state index contributed by atoms with van der Waals surface area (Å²) in [4.78, 5) is 37.5. The van der Waals surface area contributed by atoms with Crippen molar-refractivity contribution in [3.05, 3.63) is 5.53 Å². The highest BCUT2D eigenvalue weighted by Crippen LogP contribution is 2.17. The van der Waals surface area contributed by atoms with Gasteiger partial charge in [-0.25, -0.2) is 13.2 Å². The zero-order valence-corrected chi connectivity index (χ0v) is 11.0. The fourth-order valence-corrected chi connectivity index (χ4v) is 3.24. The van der Waals surface area contributed by atoms with Crippen LogP contribution in [0.1, 0.15) is 6.92 Å². The van der Waals surface area contributed by atoms with Gasteiger partial charge in [0.15, 0.2) is 9.84 Å². The number of nitrogens with zero attached hydrogens (tertiary/aromatic N) is 3. The summed E-state index contributed by atoms with van der Waals surface area (Å²) in [5, 5.41) is 0. The van der Waals surface area contributed by atoms with Crippen molar-refractivity contribution in [1.29, 1.82) is 0 Å². The number of esters is 1. The summed E-state index contributed by atoms with van der Waals surface area (Å²) in [5.41, 5.74) is 7.75. The molecule has 19 heavy (non-hydrogen) atoms. The van der Waals surface area contributed by atoms with Crippen LogP contribution in [-0.2, 0) is 29.0 Å². The highest BCUT2D eigenvalue weighted by Gasteiger charge is 2.47. The lowest BCUT2D eigenvalue weighted by Crippen LogP contribution is -2.47. The number of ether oxygens (including phenoxy) is 1. The topological polar surface area (TPSA) is 134 Å². The van der Waals surface area contributed by atoms with Gasteiger partial charge in [0.2, 0.25) is 5.78 Å². The smallest absolute Gasteiger partial charge is 0.421 e. The number of carbonyl (C=O) groups excluding carboxylic acids is 3. The van der Waals surface area contributed by atoms with E-state index < -0.39 is 50.9 Å². The molecule has 1 amide bonds. The van der Waals surface area contributed by atoms with Gasteiger partial charge in [-0.05, 0) is 0 Å². The van der Waals surface area contributed by atoms with Gasteiger partial charge in [0.05, 0.1) is 12.9 Å². The number of rotatable bonds is 3. The maximum atomic E-state index is 11.9. The van der Waals surface area contributed by atoms with E-state index in [-0.39, 0.29) is 0 Å². The molecule has 0 aliphatic carbocycles. The number of hydrogen-bond donors (Lipinski definition) is 0. The van der Waals surface area contributed by atoms with Gasteiger partial charge in [-0.15, -0.1) is 0 Å². The summed E-state index contributed by atoms with van der Waals surface area (Å²) in [6.07, 6.45) is 0. The van der Waals surface area contributed by atoms with Crippen molar-refractivity contribution in [2.75, 3.05) is 18.7 Å². The first kappa shape index (κ1) is 15.0. The van der Waals surface area contributed by atoms with E-state index in [0.717, 1.165) is 14.0 Å². The fourth-order valence-electron chi connectivity index (χ4n) is 1.62. The monoisotopic (exact) mass is 289 g/mol. The van der Waals surface area contributed by atoms with Crippen molar-refractivity contribution in [3.63, 3.8) is 0 Å². The van der Waals surface area contributed by atoms with E-state index in [2.05, 4.69) is 9.53 Å². The number of sulfone groups is 1. The Morgan fingerprint density at radius 2 is 1.95 bits per heavy atom. The number of methoxy groups -OCH3 is 1. The van der Waals surface area contributed by atoms with Crippen molar-refractivity contribution in [3.8, 4) is 0 Å². The van der Waals surface area contributed by atoms with E-state index in [1.54, 1.807) is 0 Å². The number of carbonyl (C=O) groups is 3. The van der Waals surface area contributed by atoms with Crippen LogP contribution in [0, 0.1) is 0 Å². The largest absolute Gasteiger partial charge is 0.467 e. The molecule has 0 aromatic heterocycles. The van der Waals surface area contributed by atoms with E-state index >= 15 is 0 Å². The van der Waals surface area contributed by atoms with Gasteiger partial charge in [0, 0.05) is 6.92 Å². The molecule has 1 fully saturated rings. The van der Waals surface area contributed by atoms with E-state index in [1.807, 2.05) is 0 Å². The molecule has 1 heterocycles. The highest BCUT2D eigenvalue weighted by molar-refractivity contribution is 7.91. The molecule has 0 N–H and O–H groups in total. The van der Waals surface area contributed by atoms with Crippen molar-refractivity contribution in [1.82, 2.24) is 4.90 Å². The molecule has 0 aromatic rings. The first-order valence-corrected chi connectivity index (χ1v) is 6.88. The van der Waals surface area contributed by atoms with Crippen molar-refractivity contribution >= 4 is 33.2 Å². The van der Waals surface area contributed by atoms with Crippen molar-refractivity contribution in [2.45, 2.75) is 13.0 Å². The van der Waals surface area contributed by atoms with E-state index in [9.17, 15) is 22.8 Å². The van der Waals surface area contributed by atoms with Crippen LogP contribution in [-0.4, -0.2) is 66.3 Å². The van der Waals surface area contributed by atoms with Crippen LogP contribution < -0.4 is 0 Å². The third kappa shape index (κ3) is 3.04. The normalized spacial score (nSPS) is 20.5. The van der Waals surface area contributed by atoms with E-state index in [0.29, 0.717) is 4.90 Å². The Labute approximate surface area is 108 Å². The van der Waals surface area contributed by atoms with E-state index in [4.69, 9.17) is 5.53 Å². The Balaban J connectivity index is 3.16. The SMILES string of the molecule is COC(=O)[C@@H]1CS(=O)(=O)CN1C(=O)C(=[N+]=[N-])C(C)=O. The molecule has 0 saturated carbocycles. The molecule has 1 rings (SSSR count). The number of Topliss-reactive ketones (excluding diaryl/α,β-unsaturated/α-hetero) is 1. The molecule has 0 spiro atoms. The van der Waals surface area contributed by atoms with Crippen molar-refractivity contribution < 1.29 is 32.3 Å². The molecule has 0 radical (unpaired) electrons. The Morgan fingerprint density at radius 1 is 1.37 bits per heavy atom. The summed E-state index contributed by atoms with van der Waals surface area (Å²) in [7, 11) is -2.61. The molecular formula is C9H11N3O6S. The molecule has 0 bridgehead atoms. The maximum absolute atomic E-state index is 11.9. The summed E-state index contributed by atoms with van der Waals surface area (Å²) in [6.45, 7) is 0.977. The molecule has 1 atom stereocenters. The van der Waals surface area contributed by atoms with Crippen LogP contribution >= 0.6 is 0 Å². The lowest BCUT2D eigenvalue weighted by atomic mass is 10.2. The average Bonchev–Trinajstić information content (AvgIpc) is 2.64. The van der Waals surface area contributed by atoms with Gasteiger partial charge < -0.3 is 15.2 Å². The summed E-state index contributed by atoms with van der Waals surface area (Å²) in [5.74, 6) is -4.23. The van der Waals surface area contributed by atoms with Gasteiger partial charge in [-0.1, -0.05) is 0 Å². The van der Waals surface area contributed by atoms with Crippen LogP contribution in [0.2, 0.25) is 0 Å². The molecule has 1 aliphatic rings. The molecule has 9 nitrogen and oxygen atoms in total. The number of amides is 1. The quantitative estimate of drug-likeness (QED) is 0.194. The van der Waals surface area contributed by atoms with Crippen LogP contribution in [0.25, 0.3) is 5.53 Å². The highest BCUT2D eigenvalue weighted by atomic mass is 32.2. The number of ketones is 1. The third-order valence-electron chi connectivity index (χ3n) is 2.49. The van der Waals surface area contributed by atoms with Gasteiger partial charge in [-0.2, -0.15) is 4.79 Å². The van der Waals surface area contributed by atoms with Gasteiger partial charge in [0.1, 0.15) is 11.9 Å². The Bertz CT molecular complexity index is 589. The summed E-state index contributed by atoms with van der Waals surface area (Å²) in [6, 6.07) is -1.35. The lowest BCUT2D eigenvalue weighted by molar-refractivity contribution is -0.149. The van der Waals surface area contributed by atoms with Gasteiger partial charge >= 0.3 is 17.6 Å². The molecule has 1 saturated heterocycles. The second-order valence-electron chi connectivity index (χ2n) is 3.86. The fraction of sp³-hybridized carbons (Fsp3) is 0.556. The molecule has 0 unspecified atom stereocenters. The zero-order chi connectivity index (χ0) is 14.8. The van der Waals surface area contributed by atoms with Gasteiger partial charge in [0.25, 0.3) is 0 Å². The standard InChI is InChI=1S/C9H11N3O6S/c1-5(13)7(11-10)8(14)12-4-19(16,17)3-6(12)9(15)18-2/h6H,3-4H2,1-2H3/t6-/m0/s1. The van der Waals surface area contributed by atoms with E-state index in [1.165, 1.54) is 0 Å². The molecule has 1 aliphatic heterocycles.